The molecule has 0 radical (unpaired) electrons. The lowest BCUT2D eigenvalue weighted by atomic mass is 9.99. The predicted octanol–water partition coefficient (Wildman–Crippen LogP) is 4.06. The van der Waals surface area contributed by atoms with Gasteiger partial charge in [-0.25, -0.2) is 19.9 Å². The summed E-state index contributed by atoms with van der Waals surface area (Å²) in [6.45, 7) is 3.62. The average molecular weight is 482 g/mol. The van der Waals surface area contributed by atoms with Crippen LogP contribution in [0.15, 0.2) is 67.0 Å². The SMILES string of the molecule is Cc1cccc(-c2nccc(Nc3ccnc(Nc4cccc(NC(=O)C5CCCNC5)c4)n3)n2)n1. The van der Waals surface area contributed by atoms with Crippen molar-refractivity contribution in [3.8, 4) is 11.5 Å². The van der Waals surface area contributed by atoms with Crippen molar-refractivity contribution in [1.82, 2.24) is 30.2 Å². The van der Waals surface area contributed by atoms with Gasteiger partial charge < -0.3 is 21.3 Å². The first-order chi connectivity index (χ1) is 17.6. The van der Waals surface area contributed by atoms with E-state index in [9.17, 15) is 4.79 Å². The number of rotatable bonds is 7. The molecule has 0 saturated carbocycles. The molecular formula is C26H27N9O. The van der Waals surface area contributed by atoms with Gasteiger partial charge >= 0.3 is 0 Å². The molecule has 1 fully saturated rings. The van der Waals surface area contributed by atoms with E-state index in [0.717, 1.165) is 36.5 Å². The molecule has 1 saturated heterocycles. The monoisotopic (exact) mass is 481 g/mol. The van der Waals surface area contributed by atoms with Gasteiger partial charge in [0.15, 0.2) is 5.82 Å². The number of pyridine rings is 1. The second-order valence-corrected chi connectivity index (χ2v) is 8.56. The van der Waals surface area contributed by atoms with Crippen LogP contribution in [0.3, 0.4) is 0 Å². The summed E-state index contributed by atoms with van der Waals surface area (Å²) >= 11 is 0. The molecule has 1 amide bonds. The molecular weight excluding hydrogens is 454 g/mol. The Hall–Kier alpha value is -4.44. The zero-order chi connectivity index (χ0) is 24.7. The Morgan fingerprint density at radius 1 is 0.917 bits per heavy atom. The molecule has 0 spiro atoms. The maximum Gasteiger partial charge on any atom is 0.229 e. The highest BCUT2D eigenvalue weighted by Crippen LogP contribution is 2.22. The van der Waals surface area contributed by atoms with Gasteiger partial charge in [0.2, 0.25) is 11.9 Å². The van der Waals surface area contributed by atoms with Crippen LogP contribution in [0.1, 0.15) is 18.5 Å². The fraction of sp³-hybridized carbons (Fsp3) is 0.231. The molecule has 10 heteroatoms. The smallest absolute Gasteiger partial charge is 0.229 e. The van der Waals surface area contributed by atoms with Crippen LogP contribution >= 0.6 is 0 Å². The van der Waals surface area contributed by atoms with Crippen LogP contribution in [0.4, 0.5) is 29.0 Å². The number of piperidine rings is 1. The molecule has 36 heavy (non-hydrogen) atoms. The number of hydrogen-bond donors (Lipinski definition) is 4. The Labute approximate surface area is 209 Å². The number of anilines is 5. The molecule has 1 aromatic carbocycles. The van der Waals surface area contributed by atoms with Crippen molar-refractivity contribution in [1.29, 1.82) is 0 Å². The summed E-state index contributed by atoms with van der Waals surface area (Å²) in [7, 11) is 0. The van der Waals surface area contributed by atoms with Crippen molar-refractivity contribution in [2.45, 2.75) is 19.8 Å². The summed E-state index contributed by atoms with van der Waals surface area (Å²) < 4.78 is 0. The van der Waals surface area contributed by atoms with Crippen molar-refractivity contribution in [3.05, 3.63) is 72.7 Å². The minimum atomic E-state index is -0.00883. The third kappa shape index (κ3) is 5.97. The number of aromatic nitrogens is 5. The molecule has 3 aromatic heterocycles. The lowest BCUT2D eigenvalue weighted by molar-refractivity contribution is -0.120. The van der Waals surface area contributed by atoms with Crippen LogP contribution in [0, 0.1) is 12.8 Å². The highest BCUT2D eigenvalue weighted by atomic mass is 16.1. The van der Waals surface area contributed by atoms with Crippen LogP contribution in [0.25, 0.3) is 11.5 Å². The Kier molecular flexibility index (Phi) is 7.04. The van der Waals surface area contributed by atoms with Crippen LogP contribution in [-0.4, -0.2) is 43.9 Å². The molecule has 10 nitrogen and oxygen atoms in total. The molecule has 1 unspecified atom stereocenters. The van der Waals surface area contributed by atoms with E-state index < -0.39 is 0 Å². The molecule has 1 aliphatic rings. The summed E-state index contributed by atoms with van der Waals surface area (Å²) in [5, 5.41) is 12.7. The second-order valence-electron chi connectivity index (χ2n) is 8.56. The van der Waals surface area contributed by atoms with E-state index >= 15 is 0 Å². The van der Waals surface area contributed by atoms with Crippen LogP contribution in [0.5, 0.6) is 0 Å². The lowest BCUT2D eigenvalue weighted by Gasteiger charge is -2.22. The van der Waals surface area contributed by atoms with Crippen molar-refractivity contribution in [2.75, 3.05) is 29.0 Å². The maximum atomic E-state index is 12.6. The molecule has 4 aromatic rings. The van der Waals surface area contributed by atoms with Gasteiger partial charge in [0.25, 0.3) is 0 Å². The number of amides is 1. The van der Waals surface area contributed by atoms with Crippen LogP contribution in [-0.2, 0) is 4.79 Å². The normalized spacial score (nSPS) is 15.2. The summed E-state index contributed by atoms with van der Waals surface area (Å²) in [5.74, 6) is 2.13. The minimum absolute atomic E-state index is 0.00883. The Balaban J connectivity index is 1.26. The third-order valence-electron chi connectivity index (χ3n) is 5.74. The molecule has 4 N–H and O–H groups in total. The second kappa shape index (κ2) is 10.9. The van der Waals surface area contributed by atoms with Gasteiger partial charge in [0.05, 0.1) is 5.92 Å². The first-order valence-electron chi connectivity index (χ1n) is 11.9. The summed E-state index contributed by atoms with van der Waals surface area (Å²) in [6, 6.07) is 16.8. The molecule has 0 bridgehead atoms. The third-order valence-corrected chi connectivity index (χ3v) is 5.74. The van der Waals surface area contributed by atoms with Crippen molar-refractivity contribution >= 4 is 34.9 Å². The number of nitrogens with zero attached hydrogens (tertiary/aromatic N) is 5. The highest BCUT2D eigenvalue weighted by molar-refractivity contribution is 5.93. The van der Waals surface area contributed by atoms with Crippen molar-refractivity contribution < 1.29 is 4.79 Å². The van der Waals surface area contributed by atoms with E-state index in [2.05, 4.69) is 46.2 Å². The number of benzene rings is 1. The van der Waals surface area contributed by atoms with Gasteiger partial charge in [-0.1, -0.05) is 12.1 Å². The molecule has 4 heterocycles. The number of carbonyl (C=O) groups is 1. The highest BCUT2D eigenvalue weighted by Gasteiger charge is 2.20. The molecule has 5 rings (SSSR count). The van der Waals surface area contributed by atoms with E-state index in [1.54, 1.807) is 24.5 Å². The first kappa shape index (κ1) is 23.3. The van der Waals surface area contributed by atoms with Gasteiger partial charge in [-0.15, -0.1) is 0 Å². The van der Waals surface area contributed by atoms with Crippen LogP contribution < -0.4 is 21.3 Å². The van der Waals surface area contributed by atoms with E-state index in [4.69, 9.17) is 0 Å². The van der Waals surface area contributed by atoms with Crippen molar-refractivity contribution in [2.24, 2.45) is 5.92 Å². The Morgan fingerprint density at radius 3 is 2.56 bits per heavy atom. The van der Waals surface area contributed by atoms with E-state index in [1.807, 2.05) is 49.4 Å². The topological polar surface area (TPSA) is 130 Å². The maximum absolute atomic E-state index is 12.6. The number of hydrogen-bond acceptors (Lipinski definition) is 9. The quantitative estimate of drug-likeness (QED) is 0.309. The predicted molar refractivity (Wildman–Crippen MR) is 139 cm³/mol. The summed E-state index contributed by atoms with van der Waals surface area (Å²) in [6.07, 6.45) is 5.25. The lowest BCUT2D eigenvalue weighted by Crippen LogP contribution is -2.37. The van der Waals surface area contributed by atoms with E-state index in [0.29, 0.717) is 35.6 Å². The van der Waals surface area contributed by atoms with Gasteiger partial charge in [-0.05, 0) is 68.8 Å². The summed E-state index contributed by atoms with van der Waals surface area (Å²) in [4.78, 5) is 34.8. The van der Waals surface area contributed by atoms with Crippen LogP contribution in [0.2, 0.25) is 0 Å². The summed E-state index contributed by atoms with van der Waals surface area (Å²) in [5.41, 5.74) is 3.09. The molecule has 0 aliphatic carbocycles. The van der Waals surface area contributed by atoms with Gasteiger partial charge in [-0.3, -0.25) is 4.79 Å². The molecule has 1 aliphatic heterocycles. The molecule has 1 atom stereocenters. The van der Waals surface area contributed by atoms with Gasteiger partial charge in [0, 0.05) is 36.0 Å². The molecule has 182 valence electrons. The van der Waals surface area contributed by atoms with Crippen molar-refractivity contribution in [3.63, 3.8) is 0 Å². The Morgan fingerprint density at radius 2 is 1.72 bits per heavy atom. The number of aryl methyl sites for hydroxylation is 1. The number of carbonyl (C=O) groups excluding carboxylic acids is 1. The Bertz CT molecular complexity index is 1350. The van der Waals surface area contributed by atoms with Gasteiger partial charge in [-0.2, -0.15) is 4.98 Å². The minimum Gasteiger partial charge on any atom is -0.326 e. The van der Waals surface area contributed by atoms with E-state index in [-0.39, 0.29) is 11.8 Å². The standard InChI is InChI=1S/C26H27N9O/c1-17-5-2-9-21(30-17)24-28-13-10-22(34-24)33-23-11-14-29-26(35-23)32-20-8-3-7-19(15-20)31-25(36)18-6-4-12-27-16-18/h2-3,5,7-11,13-15,18,27H,4,6,12,16H2,1H3,(H,31,36)(H2,28,29,32,33,34,35). The van der Waals surface area contributed by atoms with E-state index in [1.165, 1.54) is 0 Å². The zero-order valence-corrected chi connectivity index (χ0v) is 19.9. The fourth-order valence-electron chi connectivity index (χ4n) is 3.96. The van der Waals surface area contributed by atoms with Gasteiger partial charge in [0.1, 0.15) is 17.3 Å². The largest absolute Gasteiger partial charge is 0.326 e. The number of nitrogens with one attached hydrogen (secondary N) is 4. The first-order valence-corrected chi connectivity index (χ1v) is 11.9. The average Bonchev–Trinajstić information content (AvgIpc) is 2.90. The zero-order valence-electron chi connectivity index (χ0n) is 19.9. The fourth-order valence-corrected chi connectivity index (χ4v) is 3.96.